The number of nitrogens with zero attached hydrogens (tertiary/aromatic N) is 1. The van der Waals surface area contributed by atoms with Crippen molar-refractivity contribution in [2.24, 2.45) is 0 Å². The molecule has 0 bridgehead atoms. The Morgan fingerprint density at radius 2 is 2.06 bits per heavy atom. The lowest BCUT2D eigenvalue weighted by Gasteiger charge is -2.14. The number of rotatable bonds is 8. The molecular formula is C25H26BrN3O4S. The molecule has 2 heterocycles. The number of methoxy groups -OCH3 is 1. The summed E-state index contributed by atoms with van der Waals surface area (Å²) in [6.07, 6.45) is 9.28. The molecule has 9 heteroatoms. The molecule has 2 aromatic heterocycles. The number of carbonyl (C=O) groups is 2. The zero-order valence-electron chi connectivity index (χ0n) is 18.9. The first-order chi connectivity index (χ1) is 16.5. The number of fused-ring (bicyclic) bond motifs is 1. The summed E-state index contributed by atoms with van der Waals surface area (Å²) in [7, 11) is 1.52. The summed E-state index contributed by atoms with van der Waals surface area (Å²) < 4.78 is 8.24. The van der Waals surface area contributed by atoms with E-state index in [2.05, 4.69) is 32.6 Å². The molecule has 2 amide bonds. The SMILES string of the molecule is COc1cc(Br)ccc1-n1cc(C(=O)NCC(=O)NCCC2=CCCCC2)c2sccc2c1=O. The second kappa shape index (κ2) is 11.0. The van der Waals surface area contributed by atoms with Crippen molar-refractivity contribution in [3.05, 3.63) is 67.9 Å². The smallest absolute Gasteiger partial charge is 0.263 e. The Hall–Kier alpha value is -2.91. The Labute approximate surface area is 209 Å². The summed E-state index contributed by atoms with van der Waals surface area (Å²) in [5.41, 5.74) is 1.99. The standard InChI is InChI=1S/C25H26BrN3O4S/c1-33-21-13-17(26)7-8-20(21)29-15-19(23-18(25(29)32)10-12-34-23)24(31)28-14-22(30)27-11-9-16-5-3-2-4-6-16/h5,7-8,10,12-13,15H,2-4,6,9,11,14H2,1H3,(H,27,30)(H,28,31). The molecule has 178 valence electrons. The molecule has 0 radical (unpaired) electrons. The third kappa shape index (κ3) is 5.42. The number of hydrogen-bond acceptors (Lipinski definition) is 5. The van der Waals surface area contributed by atoms with Crippen LogP contribution in [0.5, 0.6) is 5.75 Å². The van der Waals surface area contributed by atoms with Gasteiger partial charge in [0.15, 0.2) is 0 Å². The second-order valence-electron chi connectivity index (χ2n) is 8.09. The Balaban J connectivity index is 1.50. The van der Waals surface area contributed by atoms with Crippen LogP contribution in [0.2, 0.25) is 0 Å². The Kier molecular flexibility index (Phi) is 7.84. The van der Waals surface area contributed by atoms with E-state index in [1.54, 1.807) is 29.6 Å². The van der Waals surface area contributed by atoms with Crippen molar-refractivity contribution in [2.75, 3.05) is 20.2 Å². The van der Waals surface area contributed by atoms with E-state index in [9.17, 15) is 14.4 Å². The van der Waals surface area contributed by atoms with Crippen LogP contribution in [0.3, 0.4) is 0 Å². The molecule has 1 aliphatic carbocycles. The number of amides is 2. The fourth-order valence-electron chi connectivity index (χ4n) is 4.07. The van der Waals surface area contributed by atoms with E-state index in [-0.39, 0.29) is 18.0 Å². The number of carbonyl (C=O) groups excluding carboxylic acids is 2. The highest BCUT2D eigenvalue weighted by Crippen LogP contribution is 2.29. The predicted molar refractivity (Wildman–Crippen MR) is 138 cm³/mol. The molecular weight excluding hydrogens is 518 g/mol. The number of thiophene rings is 1. The van der Waals surface area contributed by atoms with Gasteiger partial charge in [-0.25, -0.2) is 0 Å². The van der Waals surface area contributed by atoms with Gasteiger partial charge in [-0.2, -0.15) is 0 Å². The fourth-order valence-corrected chi connectivity index (χ4v) is 5.30. The summed E-state index contributed by atoms with van der Waals surface area (Å²) in [6.45, 7) is 0.426. The minimum absolute atomic E-state index is 0.133. The lowest BCUT2D eigenvalue weighted by Crippen LogP contribution is -2.37. The monoisotopic (exact) mass is 543 g/mol. The quantitative estimate of drug-likeness (QED) is 0.407. The molecule has 34 heavy (non-hydrogen) atoms. The number of aromatic nitrogens is 1. The molecule has 1 aliphatic rings. The number of hydrogen-bond donors (Lipinski definition) is 2. The minimum atomic E-state index is -0.414. The van der Waals surface area contributed by atoms with Crippen molar-refractivity contribution in [1.82, 2.24) is 15.2 Å². The first-order valence-corrected chi connectivity index (χ1v) is 12.8. The van der Waals surface area contributed by atoms with Crippen LogP contribution in [0.1, 0.15) is 42.5 Å². The van der Waals surface area contributed by atoms with Crippen molar-refractivity contribution in [1.29, 1.82) is 0 Å². The highest BCUT2D eigenvalue weighted by atomic mass is 79.9. The van der Waals surface area contributed by atoms with Crippen LogP contribution in [0.4, 0.5) is 0 Å². The molecule has 0 atom stereocenters. The van der Waals surface area contributed by atoms with Crippen LogP contribution < -0.4 is 20.9 Å². The number of halogens is 1. The number of nitrogens with one attached hydrogen (secondary N) is 2. The summed E-state index contributed by atoms with van der Waals surface area (Å²) in [5, 5.41) is 7.77. The van der Waals surface area contributed by atoms with Gasteiger partial charge in [0, 0.05) is 17.2 Å². The molecule has 3 aromatic rings. The van der Waals surface area contributed by atoms with E-state index < -0.39 is 5.91 Å². The van der Waals surface area contributed by atoms with Crippen LogP contribution in [0.15, 0.2) is 56.8 Å². The van der Waals surface area contributed by atoms with Gasteiger partial charge in [0.2, 0.25) is 5.91 Å². The fraction of sp³-hybridized carbons (Fsp3) is 0.320. The van der Waals surface area contributed by atoms with Gasteiger partial charge in [-0.3, -0.25) is 19.0 Å². The number of pyridine rings is 1. The highest BCUT2D eigenvalue weighted by Gasteiger charge is 2.19. The van der Waals surface area contributed by atoms with Crippen molar-refractivity contribution in [3.63, 3.8) is 0 Å². The van der Waals surface area contributed by atoms with Gasteiger partial charge < -0.3 is 15.4 Å². The van der Waals surface area contributed by atoms with Gasteiger partial charge in [-0.05, 0) is 61.7 Å². The van der Waals surface area contributed by atoms with Crippen molar-refractivity contribution < 1.29 is 14.3 Å². The predicted octanol–water partition coefficient (Wildman–Crippen LogP) is 4.56. The highest BCUT2D eigenvalue weighted by molar-refractivity contribution is 9.10. The average molecular weight is 544 g/mol. The Bertz CT molecular complexity index is 1310. The van der Waals surface area contributed by atoms with Crippen LogP contribution in [0, 0.1) is 0 Å². The normalized spacial score (nSPS) is 13.4. The van der Waals surface area contributed by atoms with Crippen molar-refractivity contribution >= 4 is 49.2 Å². The first kappa shape index (κ1) is 24.2. The van der Waals surface area contributed by atoms with Crippen LogP contribution >= 0.6 is 27.3 Å². The molecule has 0 unspecified atom stereocenters. The minimum Gasteiger partial charge on any atom is -0.495 e. The largest absolute Gasteiger partial charge is 0.495 e. The molecule has 0 aliphatic heterocycles. The maximum absolute atomic E-state index is 13.1. The molecule has 1 aromatic carbocycles. The average Bonchev–Trinajstić information content (AvgIpc) is 3.34. The molecule has 0 saturated heterocycles. The number of ether oxygens (including phenoxy) is 1. The van der Waals surface area contributed by atoms with Gasteiger partial charge in [0.25, 0.3) is 11.5 Å². The third-order valence-electron chi connectivity index (χ3n) is 5.83. The Morgan fingerprint density at radius 3 is 2.82 bits per heavy atom. The van der Waals surface area contributed by atoms with Crippen LogP contribution in [-0.4, -0.2) is 36.6 Å². The summed E-state index contributed by atoms with van der Waals surface area (Å²) >= 11 is 4.72. The van der Waals surface area contributed by atoms with E-state index in [0.717, 1.165) is 23.7 Å². The first-order valence-electron chi connectivity index (χ1n) is 11.2. The zero-order chi connectivity index (χ0) is 24.1. The lowest BCUT2D eigenvalue weighted by molar-refractivity contribution is -0.120. The van der Waals surface area contributed by atoms with Gasteiger partial charge >= 0.3 is 0 Å². The van der Waals surface area contributed by atoms with Gasteiger partial charge in [0.05, 0.1) is 35.0 Å². The molecule has 0 saturated carbocycles. The number of allylic oxidation sites excluding steroid dienone is 1. The van der Waals surface area contributed by atoms with Crippen LogP contribution in [0.25, 0.3) is 15.8 Å². The molecule has 4 rings (SSSR count). The van der Waals surface area contributed by atoms with Gasteiger partial charge in [-0.1, -0.05) is 27.6 Å². The van der Waals surface area contributed by atoms with Gasteiger partial charge in [-0.15, -0.1) is 11.3 Å². The maximum atomic E-state index is 13.1. The van der Waals surface area contributed by atoms with E-state index in [0.29, 0.717) is 33.6 Å². The zero-order valence-corrected chi connectivity index (χ0v) is 21.3. The van der Waals surface area contributed by atoms with Crippen LogP contribution in [-0.2, 0) is 4.79 Å². The van der Waals surface area contributed by atoms with Gasteiger partial charge in [0.1, 0.15) is 5.75 Å². The molecule has 7 nitrogen and oxygen atoms in total. The van der Waals surface area contributed by atoms with Crippen molar-refractivity contribution in [2.45, 2.75) is 32.1 Å². The lowest BCUT2D eigenvalue weighted by atomic mass is 9.97. The maximum Gasteiger partial charge on any atom is 0.263 e. The summed E-state index contributed by atoms with van der Waals surface area (Å²) in [6, 6.07) is 7.01. The second-order valence-corrected chi connectivity index (χ2v) is 9.92. The van der Waals surface area contributed by atoms with E-state index in [1.165, 1.54) is 47.6 Å². The third-order valence-corrected chi connectivity index (χ3v) is 7.27. The summed E-state index contributed by atoms with van der Waals surface area (Å²) in [5.74, 6) is -0.164. The molecule has 0 spiro atoms. The molecule has 0 fully saturated rings. The Morgan fingerprint density at radius 1 is 1.21 bits per heavy atom. The molecule has 2 N–H and O–H groups in total. The van der Waals surface area contributed by atoms with E-state index in [4.69, 9.17) is 4.74 Å². The topological polar surface area (TPSA) is 89.4 Å². The van der Waals surface area contributed by atoms with Crippen molar-refractivity contribution in [3.8, 4) is 11.4 Å². The van der Waals surface area contributed by atoms with E-state index in [1.807, 2.05) is 0 Å². The van der Waals surface area contributed by atoms with E-state index >= 15 is 0 Å². The number of benzene rings is 1. The summed E-state index contributed by atoms with van der Waals surface area (Å²) in [4.78, 5) is 38.4.